The van der Waals surface area contributed by atoms with Gasteiger partial charge in [0.2, 0.25) is 0 Å². The molecule has 0 amide bonds. The molecular weight excluding hydrogens is 258 g/mol. The van der Waals surface area contributed by atoms with Gasteiger partial charge in [-0.2, -0.15) is 8.78 Å². The van der Waals surface area contributed by atoms with E-state index in [9.17, 15) is 8.78 Å². The Bertz CT molecular complexity index is 324. The molecule has 0 heterocycles. The van der Waals surface area contributed by atoms with Crippen molar-refractivity contribution in [2.24, 2.45) is 17.8 Å². The van der Waals surface area contributed by atoms with E-state index in [1.807, 2.05) is 12.2 Å². The van der Waals surface area contributed by atoms with Crippen LogP contribution in [0, 0.1) is 17.8 Å². The van der Waals surface area contributed by atoms with Gasteiger partial charge in [-0.3, -0.25) is 0 Å². The van der Waals surface area contributed by atoms with Gasteiger partial charge < -0.3 is 4.74 Å². The molecule has 0 atom stereocenters. The fourth-order valence-corrected chi connectivity index (χ4v) is 3.45. The van der Waals surface area contributed by atoms with Gasteiger partial charge in [0.25, 0.3) is 0 Å². The largest absolute Gasteiger partial charge is 0.358 e. The monoisotopic (exact) mass is 284 g/mol. The first-order valence-electron chi connectivity index (χ1n) is 7.86. The molecule has 20 heavy (non-hydrogen) atoms. The SMILES string of the molecule is C=CC1CCC(OC(F)(F)C2CCC(C=C)CC2)CC1. The zero-order valence-corrected chi connectivity index (χ0v) is 12.2. The number of allylic oxidation sites excluding steroid dienone is 2. The second kappa shape index (κ2) is 6.84. The Morgan fingerprint density at radius 1 is 0.800 bits per heavy atom. The lowest BCUT2D eigenvalue weighted by Gasteiger charge is -2.36. The predicted octanol–water partition coefficient (Wildman–Crippen LogP) is 5.33. The Hall–Kier alpha value is -0.700. The molecule has 0 aromatic rings. The standard InChI is InChI=1S/C17H26F2O/c1-3-13-5-9-15(10-6-13)17(18,19)20-16-11-7-14(4-2)8-12-16/h3-4,13-16H,1-2,5-12H2. The van der Waals surface area contributed by atoms with Crippen molar-refractivity contribution in [3.63, 3.8) is 0 Å². The average Bonchev–Trinajstić information content (AvgIpc) is 2.48. The normalized spacial score (nSPS) is 35.5. The molecule has 2 saturated carbocycles. The smallest absolute Gasteiger partial charge is 0.317 e. The fourth-order valence-electron chi connectivity index (χ4n) is 3.45. The molecule has 0 unspecified atom stereocenters. The second-order valence-electron chi connectivity index (χ2n) is 6.30. The molecule has 0 saturated heterocycles. The maximum atomic E-state index is 14.2. The lowest BCUT2D eigenvalue weighted by molar-refractivity contribution is -0.301. The molecule has 2 rings (SSSR count). The van der Waals surface area contributed by atoms with Crippen LogP contribution in [0.3, 0.4) is 0 Å². The summed E-state index contributed by atoms with van der Waals surface area (Å²) in [6, 6.07) is 0. The van der Waals surface area contributed by atoms with Crippen LogP contribution in [0.4, 0.5) is 8.78 Å². The molecule has 0 aliphatic heterocycles. The molecule has 2 aliphatic carbocycles. The third-order valence-electron chi connectivity index (χ3n) is 4.96. The molecule has 0 aromatic carbocycles. The zero-order chi connectivity index (χ0) is 14.6. The van der Waals surface area contributed by atoms with E-state index in [2.05, 4.69) is 13.2 Å². The van der Waals surface area contributed by atoms with E-state index in [0.29, 0.717) is 24.7 Å². The predicted molar refractivity (Wildman–Crippen MR) is 77.6 cm³/mol. The third-order valence-corrected chi connectivity index (χ3v) is 4.96. The Labute approximate surface area is 121 Å². The van der Waals surface area contributed by atoms with E-state index in [1.54, 1.807) is 0 Å². The molecule has 0 radical (unpaired) electrons. The maximum absolute atomic E-state index is 14.2. The van der Waals surface area contributed by atoms with Gasteiger partial charge in [-0.05, 0) is 63.2 Å². The van der Waals surface area contributed by atoms with E-state index in [-0.39, 0.29) is 6.10 Å². The summed E-state index contributed by atoms with van der Waals surface area (Å²) < 4.78 is 33.7. The summed E-state index contributed by atoms with van der Waals surface area (Å²) >= 11 is 0. The minimum Gasteiger partial charge on any atom is -0.317 e. The van der Waals surface area contributed by atoms with Crippen LogP contribution in [0.2, 0.25) is 0 Å². The lowest BCUT2D eigenvalue weighted by atomic mass is 9.81. The highest BCUT2D eigenvalue weighted by atomic mass is 19.3. The number of rotatable bonds is 5. The van der Waals surface area contributed by atoms with Gasteiger partial charge in [-0.15, -0.1) is 13.2 Å². The first-order chi connectivity index (χ1) is 9.55. The molecule has 0 N–H and O–H groups in total. The van der Waals surface area contributed by atoms with Gasteiger partial charge in [-0.1, -0.05) is 12.2 Å². The molecular formula is C17H26F2O. The summed E-state index contributed by atoms with van der Waals surface area (Å²) in [5.41, 5.74) is 0. The number of halogens is 2. The molecule has 1 nitrogen and oxygen atoms in total. The minimum absolute atomic E-state index is 0.279. The fraction of sp³-hybridized carbons (Fsp3) is 0.765. The number of hydrogen-bond donors (Lipinski definition) is 0. The first-order valence-corrected chi connectivity index (χ1v) is 7.86. The van der Waals surface area contributed by atoms with Crippen LogP contribution in [0.1, 0.15) is 51.4 Å². The van der Waals surface area contributed by atoms with Crippen molar-refractivity contribution in [1.82, 2.24) is 0 Å². The first kappa shape index (κ1) is 15.7. The van der Waals surface area contributed by atoms with E-state index < -0.39 is 12.0 Å². The highest BCUT2D eigenvalue weighted by Gasteiger charge is 2.44. The highest BCUT2D eigenvalue weighted by molar-refractivity contribution is 4.88. The summed E-state index contributed by atoms with van der Waals surface area (Å²) in [7, 11) is 0. The minimum atomic E-state index is -2.96. The third kappa shape index (κ3) is 3.91. The van der Waals surface area contributed by atoms with Crippen LogP contribution in [0.15, 0.2) is 25.3 Å². The van der Waals surface area contributed by atoms with E-state index in [0.717, 1.165) is 38.5 Å². The van der Waals surface area contributed by atoms with E-state index in [1.165, 1.54) is 0 Å². The van der Waals surface area contributed by atoms with Gasteiger partial charge >= 0.3 is 6.11 Å². The maximum Gasteiger partial charge on any atom is 0.358 e. The molecule has 0 spiro atoms. The van der Waals surface area contributed by atoms with Gasteiger partial charge in [0, 0.05) is 0 Å². The molecule has 3 heteroatoms. The average molecular weight is 284 g/mol. The van der Waals surface area contributed by atoms with Crippen molar-refractivity contribution in [3.05, 3.63) is 25.3 Å². The van der Waals surface area contributed by atoms with Crippen molar-refractivity contribution in [2.75, 3.05) is 0 Å². The lowest BCUT2D eigenvalue weighted by Crippen LogP contribution is -2.38. The van der Waals surface area contributed by atoms with Crippen molar-refractivity contribution in [2.45, 2.75) is 63.6 Å². The van der Waals surface area contributed by atoms with Crippen LogP contribution in [-0.4, -0.2) is 12.2 Å². The Morgan fingerprint density at radius 2 is 1.25 bits per heavy atom. The van der Waals surface area contributed by atoms with Crippen molar-refractivity contribution < 1.29 is 13.5 Å². The molecule has 0 aromatic heterocycles. The summed E-state index contributed by atoms with van der Waals surface area (Å²) in [6.07, 6.45) is 6.63. The Morgan fingerprint density at radius 3 is 1.70 bits per heavy atom. The summed E-state index contributed by atoms with van der Waals surface area (Å²) in [6.45, 7) is 7.53. The Balaban J connectivity index is 1.82. The quantitative estimate of drug-likeness (QED) is 0.620. The van der Waals surface area contributed by atoms with Crippen LogP contribution in [0.25, 0.3) is 0 Å². The zero-order valence-electron chi connectivity index (χ0n) is 12.2. The van der Waals surface area contributed by atoms with Gasteiger partial charge in [0.15, 0.2) is 0 Å². The highest BCUT2D eigenvalue weighted by Crippen LogP contribution is 2.42. The van der Waals surface area contributed by atoms with Crippen LogP contribution >= 0.6 is 0 Å². The number of ether oxygens (including phenoxy) is 1. The van der Waals surface area contributed by atoms with Crippen LogP contribution < -0.4 is 0 Å². The van der Waals surface area contributed by atoms with Crippen LogP contribution in [0.5, 0.6) is 0 Å². The van der Waals surface area contributed by atoms with Crippen LogP contribution in [-0.2, 0) is 4.74 Å². The van der Waals surface area contributed by atoms with Gasteiger partial charge in [-0.25, -0.2) is 0 Å². The summed E-state index contributed by atoms with van der Waals surface area (Å²) in [5, 5.41) is 0. The van der Waals surface area contributed by atoms with Crippen molar-refractivity contribution >= 4 is 0 Å². The molecule has 2 fully saturated rings. The van der Waals surface area contributed by atoms with Crippen molar-refractivity contribution in [3.8, 4) is 0 Å². The molecule has 2 aliphatic rings. The summed E-state index contributed by atoms with van der Waals surface area (Å²) in [5.74, 6) is 0.271. The Kier molecular flexibility index (Phi) is 5.36. The number of alkyl halides is 2. The van der Waals surface area contributed by atoms with Gasteiger partial charge in [0.05, 0.1) is 12.0 Å². The second-order valence-corrected chi connectivity index (χ2v) is 6.30. The topological polar surface area (TPSA) is 9.23 Å². The van der Waals surface area contributed by atoms with Crippen molar-refractivity contribution in [1.29, 1.82) is 0 Å². The van der Waals surface area contributed by atoms with Gasteiger partial charge in [0.1, 0.15) is 0 Å². The van der Waals surface area contributed by atoms with E-state index >= 15 is 0 Å². The summed E-state index contributed by atoms with van der Waals surface area (Å²) in [4.78, 5) is 0. The molecule has 114 valence electrons. The number of hydrogen-bond acceptors (Lipinski definition) is 1. The molecule has 0 bridgehead atoms. The van der Waals surface area contributed by atoms with E-state index in [4.69, 9.17) is 4.74 Å².